The smallest absolute Gasteiger partial charge is 0.292 e. The zero-order valence-corrected chi connectivity index (χ0v) is 10.9. The normalized spacial score (nSPS) is 10.7. The van der Waals surface area contributed by atoms with Crippen molar-refractivity contribution in [2.45, 2.75) is 32.7 Å². The first-order chi connectivity index (χ1) is 8.65. The van der Waals surface area contributed by atoms with Crippen LogP contribution in [-0.2, 0) is 0 Å². The molecule has 0 saturated carbocycles. The third-order valence-electron chi connectivity index (χ3n) is 3.11. The van der Waals surface area contributed by atoms with E-state index in [2.05, 4.69) is 0 Å². The Bertz CT molecular complexity index is 392. The van der Waals surface area contributed by atoms with Gasteiger partial charge in [-0.05, 0) is 18.9 Å². The summed E-state index contributed by atoms with van der Waals surface area (Å²) in [5, 5.41) is 20.2. The Morgan fingerprint density at radius 1 is 1.33 bits per heavy atom. The van der Waals surface area contributed by atoms with Crippen LogP contribution in [0.2, 0.25) is 0 Å². The molecular formula is C13H20N2O3. The number of nitro groups is 1. The highest BCUT2D eigenvalue weighted by molar-refractivity contribution is 5.63. The Labute approximate surface area is 107 Å². The number of rotatable bonds is 7. The fraction of sp³-hybridized carbons (Fsp3) is 0.538. The van der Waals surface area contributed by atoms with Gasteiger partial charge in [0.05, 0.1) is 11.5 Å². The largest absolute Gasteiger partial charge is 0.395 e. The van der Waals surface area contributed by atoms with E-state index in [0.29, 0.717) is 12.2 Å². The number of hydrogen-bond donors (Lipinski definition) is 1. The third-order valence-corrected chi connectivity index (χ3v) is 3.11. The van der Waals surface area contributed by atoms with E-state index in [-0.39, 0.29) is 23.3 Å². The van der Waals surface area contributed by atoms with E-state index in [1.807, 2.05) is 18.7 Å². The molecule has 5 heteroatoms. The van der Waals surface area contributed by atoms with Crippen LogP contribution in [-0.4, -0.2) is 29.2 Å². The maximum Gasteiger partial charge on any atom is 0.292 e. The fourth-order valence-electron chi connectivity index (χ4n) is 2.20. The minimum Gasteiger partial charge on any atom is -0.395 e. The maximum atomic E-state index is 11.0. The summed E-state index contributed by atoms with van der Waals surface area (Å²) in [5.41, 5.74) is 0.683. The average molecular weight is 252 g/mol. The lowest BCUT2D eigenvalue weighted by Gasteiger charge is -2.31. The second kappa shape index (κ2) is 6.96. The van der Waals surface area contributed by atoms with Crippen molar-refractivity contribution in [3.05, 3.63) is 34.4 Å². The van der Waals surface area contributed by atoms with Crippen LogP contribution in [0.15, 0.2) is 24.3 Å². The number of nitro benzene ring substituents is 1. The molecule has 0 aliphatic carbocycles. The number of aliphatic hydroxyl groups is 1. The van der Waals surface area contributed by atoms with Crippen LogP contribution < -0.4 is 4.90 Å². The molecule has 0 bridgehead atoms. The molecule has 0 heterocycles. The third kappa shape index (κ3) is 3.20. The molecule has 1 N–H and O–H groups in total. The molecule has 100 valence electrons. The van der Waals surface area contributed by atoms with E-state index in [0.717, 1.165) is 12.8 Å². The molecular weight excluding hydrogens is 232 g/mol. The standard InChI is InChI=1S/C13H20N2O3/c1-3-11(4-2)14(9-10-16)12-7-5-6-8-13(12)15(17)18/h5-8,11,16H,3-4,9-10H2,1-2H3. The second-order valence-corrected chi connectivity index (χ2v) is 4.13. The summed E-state index contributed by atoms with van der Waals surface area (Å²) in [6.45, 7) is 4.50. The summed E-state index contributed by atoms with van der Waals surface area (Å²) in [6, 6.07) is 6.90. The zero-order chi connectivity index (χ0) is 13.5. The number of aliphatic hydroxyl groups excluding tert-OH is 1. The Balaban J connectivity index is 3.16. The molecule has 1 rings (SSSR count). The Morgan fingerprint density at radius 2 is 1.94 bits per heavy atom. The van der Waals surface area contributed by atoms with E-state index in [9.17, 15) is 10.1 Å². The molecule has 0 unspecified atom stereocenters. The monoisotopic (exact) mass is 252 g/mol. The van der Waals surface area contributed by atoms with Crippen molar-refractivity contribution >= 4 is 11.4 Å². The SMILES string of the molecule is CCC(CC)N(CCO)c1ccccc1[N+](=O)[O-]. The van der Waals surface area contributed by atoms with Gasteiger partial charge >= 0.3 is 0 Å². The highest BCUT2D eigenvalue weighted by Gasteiger charge is 2.22. The van der Waals surface area contributed by atoms with Gasteiger partial charge in [0.25, 0.3) is 5.69 Å². The predicted molar refractivity (Wildman–Crippen MR) is 71.9 cm³/mol. The molecule has 18 heavy (non-hydrogen) atoms. The molecule has 0 spiro atoms. The van der Waals surface area contributed by atoms with Gasteiger partial charge in [0.1, 0.15) is 5.69 Å². The lowest BCUT2D eigenvalue weighted by atomic mass is 10.1. The quantitative estimate of drug-likeness (QED) is 0.598. The molecule has 0 aliphatic rings. The number of benzene rings is 1. The van der Waals surface area contributed by atoms with Crippen LogP contribution >= 0.6 is 0 Å². The van der Waals surface area contributed by atoms with Crippen LogP contribution in [0.1, 0.15) is 26.7 Å². The van der Waals surface area contributed by atoms with E-state index < -0.39 is 0 Å². The van der Waals surface area contributed by atoms with Gasteiger partial charge in [-0.2, -0.15) is 0 Å². The first kappa shape index (κ1) is 14.4. The van der Waals surface area contributed by atoms with Gasteiger partial charge in [0.2, 0.25) is 0 Å². The predicted octanol–water partition coefficient (Wildman–Crippen LogP) is 2.58. The van der Waals surface area contributed by atoms with Gasteiger partial charge in [-0.15, -0.1) is 0 Å². The lowest BCUT2D eigenvalue weighted by molar-refractivity contribution is -0.384. The molecule has 0 aliphatic heterocycles. The van der Waals surface area contributed by atoms with Crippen molar-refractivity contribution in [2.24, 2.45) is 0 Å². The van der Waals surface area contributed by atoms with Crippen molar-refractivity contribution in [1.82, 2.24) is 0 Å². The summed E-state index contributed by atoms with van der Waals surface area (Å²) in [6.07, 6.45) is 1.78. The Kier molecular flexibility index (Phi) is 5.58. The molecule has 5 nitrogen and oxygen atoms in total. The van der Waals surface area contributed by atoms with Crippen molar-refractivity contribution in [2.75, 3.05) is 18.1 Å². The topological polar surface area (TPSA) is 66.6 Å². The molecule has 0 radical (unpaired) electrons. The fourth-order valence-corrected chi connectivity index (χ4v) is 2.20. The van der Waals surface area contributed by atoms with Crippen molar-refractivity contribution < 1.29 is 10.0 Å². The summed E-state index contributed by atoms with van der Waals surface area (Å²) < 4.78 is 0. The van der Waals surface area contributed by atoms with E-state index >= 15 is 0 Å². The van der Waals surface area contributed by atoms with E-state index in [1.54, 1.807) is 18.2 Å². The highest BCUT2D eigenvalue weighted by Crippen LogP contribution is 2.30. The van der Waals surface area contributed by atoms with E-state index in [4.69, 9.17) is 5.11 Å². The van der Waals surface area contributed by atoms with E-state index in [1.165, 1.54) is 6.07 Å². The minimum atomic E-state index is -0.373. The van der Waals surface area contributed by atoms with Crippen LogP contribution in [0.5, 0.6) is 0 Å². The van der Waals surface area contributed by atoms with Crippen LogP contribution in [0.3, 0.4) is 0 Å². The molecule has 0 saturated heterocycles. The van der Waals surface area contributed by atoms with Crippen LogP contribution in [0, 0.1) is 10.1 Å². The summed E-state index contributed by atoms with van der Waals surface area (Å²) in [4.78, 5) is 12.6. The van der Waals surface area contributed by atoms with Crippen molar-refractivity contribution in [3.63, 3.8) is 0 Å². The summed E-state index contributed by atoms with van der Waals surface area (Å²) in [7, 11) is 0. The van der Waals surface area contributed by atoms with Gasteiger partial charge in [-0.3, -0.25) is 10.1 Å². The minimum absolute atomic E-state index is 0.0114. The van der Waals surface area contributed by atoms with Gasteiger partial charge in [0.15, 0.2) is 0 Å². The lowest BCUT2D eigenvalue weighted by Crippen LogP contribution is -2.37. The number of hydrogen-bond acceptors (Lipinski definition) is 4. The summed E-state index contributed by atoms with van der Waals surface area (Å²) >= 11 is 0. The first-order valence-corrected chi connectivity index (χ1v) is 6.26. The van der Waals surface area contributed by atoms with Gasteiger partial charge in [-0.25, -0.2) is 0 Å². The Hall–Kier alpha value is -1.62. The number of nitrogens with zero attached hydrogens (tertiary/aromatic N) is 2. The van der Waals surface area contributed by atoms with Crippen LogP contribution in [0.25, 0.3) is 0 Å². The van der Waals surface area contributed by atoms with Gasteiger partial charge in [0, 0.05) is 18.7 Å². The van der Waals surface area contributed by atoms with Crippen molar-refractivity contribution in [1.29, 1.82) is 0 Å². The maximum absolute atomic E-state index is 11.0. The molecule has 0 fully saturated rings. The van der Waals surface area contributed by atoms with Crippen molar-refractivity contribution in [3.8, 4) is 0 Å². The van der Waals surface area contributed by atoms with Crippen LogP contribution in [0.4, 0.5) is 11.4 Å². The summed E-state index contributed by atoms with van der Waals surface area (Å²) in [5.74, 6) is 0. The molecule has 0 aromatic heterocycles. The first-order valence-electron chi connectivity index (χ1n) is 6.26. The zero-order valence-electron chi connectivity index (χ0n) is 10.9. The molecule has 1 aromatic carbocycles. The number of para-hydroxylation sites is 2. The van der Waals surface area contributed by atoms with Gasteiger partial charge < -0.3 is 10.0 Å². The highest BCUT2D eigenvalue weighted by atomic mass is 16.6. The Morgan fingerprint density at radius 3 is 2.44 bits per heavy atom. The molecule has 0 amide bonds. The molecule has 0 atom stereocenters. The number of anilines is 1. The second-order valence-electron chi connectivity index (χ2n) is 4.13. The average Bonchev–Trinajstić information content (AvgIpc) is 2.39. The molecule has 1 aromatic rings. The van der Waals surface area contributed by atoms with Gasteiger partial charge in [-0.1, -0.05) is 26.0 Å².